The number of aromatic nitrogens is 1. The zero-order valence-electron chi connectivity index (χ0n) is 11.0. The summed E-state index contributed by atoms with van der Waals surface area (Å²) in [5.74, 6) is -0.989. The number of benzene rings is 1. The summed E-state index contributed by atoms with van der Waals surface area (Å²) >= 11 is 1.35. The van der Waals surface area contributed by atoms with E-state index in [1.165, 1.54) is 35.8 Å². The second-order valence-corrected chi connectivity index (χ2v) is 5.42. The number of hydrogen-bond donors (Lipinski definition) is 1. The molecule has 3 aromatic rings. The van der Waals surface area contributed by atoms with E-state index in [4.69, 9.17) is 9.52 Å². The summed E-state index contributed by atoms with van der Waals surface area (Å²) in [6.07, 6.45) is 1.17. The van der Waals surface area contributed by atoms with E-state index in [2.05, 4.69) is 4.98 Å². The van der Waals surface area contributed by atoms with Gasteiger partial charge in [0.1, 0.15) is 22.8 Å². The Morgan fingerprint density at radius 3 is 2.81 bits per heavy atom. The molecule has 0 saturated heterocycles. The van der Waals surface area contributed by atoms with Crippen molar-refractivity contribution in [2.24, 2.45) is 0 Å². The van der Waals surface area contributed by atoms with Crippen LogP contribution < -0.4 is 0 Å². The van der Waals surface area contributed by atoms with Gasteiger partial charge in [-0.25, -0.2) is 14.2 Å². The average Bonchev–Trinajstić information content (AvgIpc) is 3.07. The summed E-state index contributed by atoms with van der Waals surface area (Å²) in [6.45, 7) is 1.81. The van der Waals surface area contributed by atoms with Crippen LogP contribution in [0, 0.1) is 12.7 Å². The fraction of sp³-hybridized carbons (Fsp3) is 0.0667. The molecule has 0 atom stereocenters. The van der Waals surface area contributed by atoms with E-state index >= 15 is 0 Å². The zero-order chi connectivity index (χ0) is 15.0. The molecule has 1 aromatic carbocycles. The van der Waals surface area contributed by atoms with Gasteiger partial charge in [0.05, 0.1) is 5.56 Å². The van der Waals surface area contributed by atoms with Crippen molar-refractivity contribution in [3.05, 3.63) is 52.9 Å². The molecule has 0 saturated carbocycles. The molecular formula is C15H10FNO3S. The standard InChI is InChI=1S/C15H10FNO3S/c1-8-2-9(4-11(16)3-8)14-17-12(7-21-14)13-5-10(6-20-13)15(18)19/h2-7H,1H3,(H,18,19). The third-order valence-electron chi connectivity index (χ3n) is 2.89. The number of aromatic carboxylic acids is 1. The van der Waals surface area contributed by atoms with Crippen molar-refractivity contribution in [2.75, 3.05) is 0 Å². The minimum atomic E-state index is -1.05. The third kappa shape index (κ3) is 2.71. The summed E-state index contributed by atoms with van der Waals surface area (Å²) in [5.41, 5.74) is 2.10. The van der Waals surface area contributed by atoms with E-state index in [0.29, 0.717) is 22.0 Å². The van der Waals surface area contributed by atoms with Gasteiger partial charge in [-0.05, 0) is 30.7 Å². The van der Waals surface area contributed by atoms with Crippen LogP contribution in [0.15, 0.2) is 40.3 Å². The van der Waals surface area contributed by atoms with Gasteiger partial charge in [0.2, 0.25) is 0 Å². The van der Waals surface area contributed by atoms with Gasteiger partial charge in [-0.15, -0.1) is 11.3 Å². The predicted octanol–water partition coefficient (Wildman–Crippen LogP) is 4.22. The van der Waals surface area contributed by atoms with Gasteiger partial charge >= 0.3 is 5.97 Å². The first-order valence-electron chi connectivity index (χ1n) is 6.08. The number of carboxylic acid groups (broad SMARTS) is 1. The largest absolute Gasteiger partial charge is 0.478 e. The number of carbonyl (C=O) groups is 1. The summed E-state index contributed by atoms with van der Waals surface area (Å²) in [5, 5.41) is 11.3. The highest BCUT2D eigenvalue weighted by molar-refractivity contribution is 7.13. The lowest BCUT2D eigenvalue weighted by molar-refractivity contribution is 0.0696. The first-order valence-corrected chi connectivity index (χ1v) is 6.96. The average molecular weight is 303 g/mol. The second kappa shape index (κ2) is 5.14. The van der Waals surface area contributed by atoms with Gasteiger partial charge in [-0.2, -0.15) is 0 Å². The normalized spacial score (nSPS) is 10.8. The Balaban J connectivity index is 1.97. The molecule has 4 nitrogen and oxygen atoms in total. The van der Waals surface area contributed by atoms with Crippen molar-refractivity contribution in [1.29, 1.82) is 0 Å². The van der Waals surface area contributed by atoms with Crippen LogP contribution in [-0.4, -0.2) is 16.1 Å². The van der Waals surface area contributed by atoms with Gasteiger partial charge in [-0.1, -0.05) is 0 Å². The van der Waals surface area contributed by atoms with Crippen molar-refractivity contribution in [3.63, 3.8) is 0 Å². The number of carboxylic acids is 1. The quantitative estimate of drug-likeness (QED) is 0.787. The molecule has 6 heteroatoms. The number of thiazole rings is 1. The number of hydrogen-bond acceptors (Lipinski definition) is 4. The van der Waals surface area contributed by atoms with E-state index in [9.17, 15) is 9.18 Å². The fourth-order valence-corrected chi connectivity index (χ4v) is 2.76. The van der Waals surface area contributed by atoms with E-state index in [1.54, 1.807) is 5.38 Å². The lowest BCUT2D eigenvalue weighted by Crippen LogP contribution is -1.91. The molecule has 0 aliphatic rings. The first-order chi connectivity index (χ1) is 10.0. The Bertz CT molecular complexity index is 802. The van der Waals surface area contributed by atoms with Crippen molar-refractivity contribution >= 4 is 17.3 Å². The van der Waals surface area contributed by atoms with Crippen LogP contribution in [0.1, 0.15) is 15.9 Å². The maximum Gasteiger partial charge on any atom is 0.338 e. The van der Waals surface area contributed by atoms with Crippen molar-refractivity contribution in [3.8, 4) is 22.0 Å². The van der Waals surface area contributed by atoms with E-state index in [1.807, 2.05) is 13.0 Å². The highest BCUT2D eigenvalue weighted by Gasteiger charge is 2.13. The maximum absolute atomic E-state index is 13.4. The predicted molar refractivity (Wildman–Crippen MR) is 76.9 cm³/mol. The molecule has 106 valence electrons. The Kier molecular flexibility index (Phi) is 3.31. The van der Waals surface area contributed by atoms with Crippen molar-refractivity contribution in [2.45, 2.75) is 6.92 Å². The lowest BCUT2D eigenvalue weighted by atomic mass is 10.1. The number of halogens is 1. The first kappa shape index (κ1) is 13.5. The Labute approximate surface area is 123 Å². The van der Waals surface area contributed by atoms with Crippen molar-refractivity contribution in [1.82, 2.24) is 4.98 Å². The summed E-state index contributed by atoms with van der Waals surface area (Å²) in [6, 6.07) is 6.12. The minimum Gasteiger partial charge on any atom is -0.478 e. The molecule has 0 unspecified atom stereocenters. The van der Waals surface area contributed by atoms with Crippen LogP contribution in [0.2, 0.25) is 0 Å². The second-order valence-electron chi connectivity index (χ2n) is 4.56. The van der Waals surface area contributed by atoms with E-state index < -0.39 is 5.97 Å². The smallest absolute Gasteiger partial charge is 0.338 e. The van der Waals surface area contributed by atoms with Gasteiger partial charge in [-0.3, -0.25) is 0 Å². The monoisotopic (exact) mass is 303 g/mol. The fourth-order valence-electron chi connectivity index (χ4n) is 1.96. The summed E-state index contributed by atoms with van der Waals surface area (Å²) in [7, 11) is 0. The minimum absolute atomic E-state index is 0.0705. The van der Waals surface area contributed by atoms with E-state index in [-0.39, 0.29) is 11.4 Å². The van der Waals surface area contributed by atoms with Crippen LogP contribution in [0.5, 0.6) is 0 Å². The molecule has 0 aliphatic carbocycles. The van der Waals surface area contributed by atoms with Crippen molar-refractivity contribution < 1.29 is 18.7 Å². The van der Waals surface area contributed by atoms with Gasteiger partial charge in [0, 0.05) is 17.0 Å². The summed E-state index contributed by atoms with van der Waals surface area (Å²) in [4.78, 5) is 15.2. The van der Waals surface area contributed by atoms with Crippen LogP contribution in [0.4, 0.5) is 4.39 Å². The number of aryl methyl sites for hydroxylation is 1. The van der Waals surface area contributed by atoms with E-state index in [0.717, 1.165) is 5.56 Å². The molecule has 1 N–H and O–H groups in total. The molecular weight excluding hydrogens is 293 g/mol. The Hall–Kier alpha value is -2.47. The topological polar surface area (TPSA) is 63.3 Å². The number of furan rings is 1. The van der Waals surface area contributed by atoms with Crippen LogP contribution >= 0.6 is 11.3 Å². The summed E-state index contributed by atoms with van der Waals surface area (Å²) < 4.78 is 18.6. The molecule has 21 heavy (non-hydrogen) atoms. The SMILES string of the molecule is Cc1cc(F)cc(-c2nc(-c3cc(C(=O)O)co3)cs2)c1. The van der Waals surface area contributed by atoms with Crippen LogP contribution in [0.25, 0.3) is 22.0 Å². The highest BCUT2D eigenvalue weighted by Crippen LogP contribution is 2.30. The maximum atomic E-state index is 13.4. The lowest BCUT2D eigenvalue weighted by Gasteiger charge is -1.99. The molecule has 0 amide bonds. The third-order valence-corrected chi connectivity index (χ3v) is 3.78. The molecule has 2 aromatic heterocycles. The number of rotatable bonds is 3. The molecule has 3 rings (SSSR count). The van der Waals surface area contributed by atoms with Gasteiger partial charge in [0.25, 0.3) is 0 Å². The van der Waals surface area contributed by atoms with Gasteiger partial charge < -0.3 is 9.52 Å². The van der Waals surface area contributed by atoms with Crippen LogP contribution in [-0.2, 0) is 0 Å². The molecule has 0 bridgehead atoms. The molecule has 0 radical (unpaired) electrons. The zero-order valence-corrected chi connectivity index (χ0v) is 11.8. The Morgan fingerprint density at radius 2 is 2.14 bits per heavy atom. The number of nitrogens with zero attached hydrogens (tertiary/aromatic N) is 1. The molecule has 0 aliphatic heterocycles. The molecule has 2 heterocycles. The molecule has 0 fully saturated rings. The highest BCUT2D eigenvalue weighted by atomic mass is 32.1. The molecule has 0 spiro atoms. The van der Waals surface area contributed by atoms with Crippen LogP contribution in [0.3, 0.4) is 0 Å². The Morgan fingerprint density at radius 1 is 1.33 bits per heavy atom. The van der Waals surface area contributed by atoms with Gasteiger partial charge in [0.15, 0.2) is 5.76 Å².